The number of hydrogen-bond donors (Lipinski definition) is 2. The predicted octanol–water partition coefficient (Wildman–Crippen LogP) is 3.47. The van der Waals surface area contributed by atoms with E-state index in [0.29, 0.717) is 25.4 Å². The first-order valence-electron chi connectivity index (χ1n) is 10.6. The van der Waals surface area contributed by atoms with Crippen LogP contribution in [0.4, 0.5) is 0 Å². The molecule has 0 radical (unpaired) electrons. The van der Waals surface area contributed by atoms with Crippen molar-refractivity contribution in [2.24, 2.45) is 11.8 Å². The molecule has 6 nitrogen and oxygen atoms in total. The van der Waals surface area contributed by atoms with Crippen LogP contribution < -0.4 is 5.32 Å². The number of aromatic amines is 1. The molecule has 4 rings (SSSR count). The van der Waals surface area contributed by atoms with Gasteiger partial charge in [0.05, 0.1) is 23.0 Å². The van der Waals surface area contributed by atoms with E-state index in [1.165, 1.54) is 0 Å². The van der Waals surface area contributed by atoms with Crippen molar-refractivity contribution in [3.8, 4) is 0 Å². The highest BCUT2D eigenvalue weighted by Gasteiger charge is 2.35. The maximum Gasteiger partial charge on any atom is 0.226 e. The van der Waals surface area contributed by atoms with Gasteiger partial charge in [0.25, 0.3) is 0 Å². The number of rotatable bonds is 7. The number of amides is 2. The Labute approximate surface area is 176 Å². The minimum absolute atomic E-state index is 0.0622. The second-order valence-electron chi connectivity index (χ2n) is 8.48. The molecule has 1 aromatic heterocycles. The highest BCUT2D eigenvalue weighted by atomic mass is 16.2. The Morgan fingerprint density at radius 3 is 2.63 bits per heavy atom. The molecule has 0 saturated carbocycles. The van der Waals surface area contributed by atoms with Gasteiger partial charge in [0.2, 0.25) is 11.8 Å². The number of nitrogens with zero attached hydrogens (tertiary/aromatic N) is 2. The van der Waals surface area contributed by atoms with Crippen molar-refractivity contribution in [2.75, 3.05) is 13.1 Å². The third-order valence-electron chi connectivity index (χ3n) is 5.51. The minimum Gasteiger partial charge on any atom is -0.346 e. The summed E-state index contributed by atoms with van der Waals surface area (Å²) in [5.41, 5.74) is 2.94. The molecule has 3 aromatic rings. The molecule has 2 heterocycles. The summed E-state index contributed by atoms with van der Waals surface area (Å²) in [6.45, 7) is 5.34. The van der Waals surface area contributed by atoms with Crippen LogP contribution in [0.1, 0.15) is 37.7 Å². The summed E-state index contributed by atoms with van der Waals surface area (Å²) in [6.07, 6.45) is 0.902. The molecule has 0 spiro atoms. The lowest BCUT2D eigenvalue weighted by atomic mass is 10.0. The molecule has 1 fully saturated rings. The van der Waals surface area contributed by atoms with Crippen LogP contribution in [0, 0.1) is 11.8 Å². The molecule has 0 aliphatic carbocycles. The molecule has 6 heteroatoms. The van der Waals surface area contributed by atoms with Gasteiger partial charge >= 0.3 is 0 Å². The Hall–Kier alpha value is -3.15. The fourth-order valence-electron chi connectivity index (χ4n) is 4.06. The lowest BCUT2D eigenvalue weighted by Crippen LogP contribution is -2.37. The number of hydrogen-bond acceptors (Lipinski definition) is 3. The van der Waals surface area contributed by atoms with Crippen LogP contribution in [0.25, 0.3) is 11.0 Å². The Morgan fingerprint density at radius 2 is 1.90 bits per heavy atom. The number of aromatic nitrogens is 2. The third-order valence-corrected chi connectivity index (χ3v) is 5.51. The van der Waals surface area contributed by atoms with Crippen LogP contribution in [0.2, 0.25) is 0 Å². The van der Waals surface area contributed by atoms with Gasteiger partial charge in [-0.2, -0.15) is 0 Å². The molecule has 0 bridgehead atoms. The van der Waals surface area contributed by atoms with Crippen molar-refractivity contribution in [1.82, 2.24) is 20.2 Å². The monoisotopic (exact) mass is 404 g/mol. The highest BCUT2D eigenvalue weighted by molar-refractivity contribution is 5.89. The zero-order chi connectivity index (χ0) is 21.1. The first kappa shape index (κ1) is 20.1. The van der Waals surface area contributed by atoms with E-state index in [1.54, 1.807) is 0 Å². The Kier molecular flexibility index (Phi) is 5.84. The van der Waals surface area contributed by atoms with Crippen molar-refractivity contribution < 1.29 is 9.59 Å². The molecule has 1 aliphatic rings. The average molecular weight is 405 g/mol. The number of benzene rings is 2. The van der Waals surface area contributed by atoms with Crippen LogP contribution in [-0.2, 0) is 16.0 Å². The molecular formula is C24H28N4O2. The molecule has 1 saturated heterocycles. The molecule has 156 valence electrons. The fourth-order valence-corrected chi connectivity index (χ4v) is 4.06. The van der Waals surface area contributed by atoms with Crippen molar-refractivity contribution in [2.45, 2.75) is 32.7 Å². The van der Waals surface area contributed by atoms with Gasteiger partial charge in [-0.1, -0.05) is 56.3 Å². The number of para-hydroxylation sites is 2. The van der Waals surface area contributed by atoms with Gasteiger partial charge in [-0.15, -0.1) is 0 Å². The molecule has 2 amide bonds. The number of carbonyl (C=O) groups is 2. The van der Waals surface area contributed by atoms with Crippen LogP contribution in [0.15, 0.2) is 54.6 Å². The van der Waals surface area contributed by atoms with E-state index in [1.807, 2.05) is 59.5 Å². The summed E-state index contributed by atoms with van der Waals surface area (Å²) < 4.78 is 0. The van der Waals surface area contributed by atoms with E-state index in [0.717, 1.165) is 22.4 Å². The lowest BCUT2D eigenvalue weighted by molar-refractivity contribution is -0.129. The number of likely N-dealkylation sites (tertiary alicyclic amines) is 1. The second-order valence-corrected chi connectivity index (χ2v) is 8.48. The van der Waals surface area contributed by atoms with Crippen molar-refractivity contribution >= 4 is 22.8 Å². The number of nitrogens with one attached hydrogen (secondary N) is 2. The maximum absolute atomic E-state index is 13.1. The van der Waals surface area contributed by atoms with E-state index in [9.17, 15) is 9.59 Å². The molecule has 30 heavy (non-hydrogen) atoms. The Balaban J connectivity index is 1.54. The smallest absolute Gasteiger partial charge is 0.226 e. The van der Waals surface area contributed by atoms with Gasteiger partial charge in [-0.25, -0.2) is 4.98 Å². The number of H-pyrrole nitrogens is 1. The first-order valence-corrected chi connectivity index (χ1v) is 10.6. The van der Waals surface area contributed by atoms with E-state index >= 15 is 0 Å². The summed E-state index contributed by atoms with van der Waals surface area (Å²) in [7, 11) is 0. The van der Waals surface area contributed by atoms with Gasteiger partial charge in [0, 0.05) is 19.5 Å². The van der Waals surface area contributed by atoms with Crippen LogP contribution in [0.5, 0.6) is 0 Å². The van der Waals surface area contributed by atoms with Gasteiger partial charge in [0.15, 0.2) is 0 Å². The summed E-state index contributed by atoms with van der Waals surface area (Å²) >= 11 is 0. The van der Waals surface area contributed by atoms with Gasteiger partial charge in [-0.3, -0.25) is 9.59 Å². The van der Waals surface area contributed by atoms with Crippen LogP contribution in [-0.4, -0.2) is 39.8 Å². The predicted molar refractivity (Wildman–Crippen MR) is 117 cm³/mol. The Bertz CT molecular complexity index is 995. The third kappa shape index (κ3) is 4.53. The summed E-state index contributed by atoms with van der Waals surface area (Å²) in [5.74, 6) is 0.774. The highest BCUT2D eigenvalue weighted by Crippen LogP contribution is 2.23. The SMILES string of the molecule is CC(C)CN1CC(C(=O)N[C@@H](Cc2ccccc2)c2nc3ccccc3[nH]2)CC1=O. The van der Waals surface area contributed by atoms with Crippen LogP contribution >= 0.6 is 0 Å². The average Bonchev–Trinajstić information content (AvgIpc) is 3.31. The molecule has 1 unspecified atom stereocenters. The topological polar surface area (TPSA) is 78.1 Å². The zero-order valence-electron chi connectivity index (χ0n) is 17.5. The number of carbonyl (C=O) groups excluding carboxylic acids is 2. The van der Waals surface area contributed by atoms with E-state index in [4.69, 9.17) is 4.98 Å². The quantitative estimate of drug-likeness (QED) is 0.633. The first-order chi connectivity index (χ1) is 14.5. The largest absolute Gasteiger partial charge is 0.346 e. The van der Waals surface area contributed by atoms with Crippen molar-refractivity contribution in [3.63, 3.8) is 0 Å². The summed E-state index contributed by atoms with van der Waals surface area (Å²) in [4.78, 5) is 35.3. The molecule has 1 aliphatic heterocycles. The van der Waals surface area contributed by atoms with Crippen molar-refractivity contribution in [3.05, 3.63) is 66.0 Å². The molecular weight excluding hydrogens is 376 g/mol. The standard InChI is InChI=1S/C24H28N4O2/c1-16(2)14-28-15-18(13-22(28)29)24(30)27-21(12-17-8-4-3-5-9-17)23-25-19-10-6-7-11-20(19)26-23/h3-11,16,18,21H,12-15H2,1-2H3,(H,25,26)(H,27,30)/t18?,21-/m0/s1. The summed E-state index contributed by atoms with van der Waals surface area (Å²) in [6, 6.07) is 17.6. The summed E-state index contributed by atoms with van der Waals surface area (Å²) in [5, 5.41) is 3.17. The maximum atomic E-state index is 13.1. The second kappa shape index (κ2) is 8.69. The van der Waals surface area contributed by atoms with Crippen LogP contribution in [0.3, 0.4) is 0 Å². The van der Waals surface area contributed by atoms with E-state index in [2.05, 4.69) is 24.1 Å². The fraction of sp³-hybridized carbons (Fsp3) is 0.375. The number of fused-ring (bicyclic) bond motifs is 1. The van der Waals surface area contributed by atoms with E-state index in [-0.39, 0.29) is 30.2 Å². The van der Waals surface area contributed by atoms with Gasteiger partial charge in [-0.05, 0) is 30.0 Å². The zero-order valence-corrected chi connectivity index (χ0v) is 17.5. The van der Waals surface area contributed by atoms with Crippen molar-refractivity contribution in [1.29, 1.82) is 0 Å². The lowest BCUT2D eigenvalue weighted by Gasteiger charge is -2.21. The van der Waals surface area contributed by atoms with E-state index < -0.39 is 0 Å². The van der Waals surface area contributed by atoms with Gasteiger partial charge < -0.3 is 15.2 Å². The number of imidazole rings is 1. The normalized spacial score (nSPS) is 17.6. The molecule has 2 N–H and O–H groups in total. The van der Waals surface area contributed by atoms with Gasteiger partial charge in [0.1, 0.15) is 5.82 Å². The Morgan fingerprint density at radius 1 is 1.17 bits per heavy atom. The molecule has 2 atom stereocenters. The minimum atomic E-state index is -0.320. The molecule has 2 aromatic carbocycles.